The number of rotatable bonds is 6. The van der Waals surface area contributed by atoms with Crippen molar-refractivity contribution in [2.45, 2.75) is 119 Å². The summed E-state index contributed by atoms with van der Waals surface area (Å²) >= 11 is 5.83. The molecular weight excluding hydrogens is 936 g/mol. The van der Waals surface area contributed by atoms with Gasteiger partial charge in [-0.3, -0.25) is 9.59 Å². The largest absolute Gasteiger partial charge is 0.399 e. The third-order valence-corrected chi connectivity index (χ3v) is 14.2. The van der Waals surface area contributed by atoms with E-state index in [4.69, 9.17) is 22.3 Å². The van der Waals surface area contributed by atoms with Crippen LogP contribution in [0.2, 0.25) is 5.28 Å². The van der Waals surface area contributed by atoms with E-state index >= 15 is 0 Å². The fourth-order valence-corrected chi connectivity index (χ4v) is 11.0. The third-order valence-electron chi connectivity index (χ3n) is 14.1. The molecule has 73 heavy (non-hydrogen) atoms. The number of benzene rings is 4. The van der Waals surface area contributed by atoms with Crippen molar-refractivity contribution in [3.05, 3.63) is 135 Å². The van der Waals surface area contributed by atoms with Crippen molar-refractivity contribution < 1.29 is 9.59 Å². The zero-order valence-corrected chi connectivity index (χ0v) is 45.2. The van der Waals surface area contributed by atoms with E-state index in [-0.39, 0.29) is 40.3 Å². The van der Waals surface area contributed by atoms with Crippen molar-refractivity contribution in [1.29, 1.82) is 0 Å². The summed E-state index contributed by atoms with van der Waals surface area (Å²) in [6, 6.07) is 24.8. The predicted octanol–water partition coefficient (Wildman–Crippen LogP) is 11.6. The lowest BCUT2D eigenvalue weighted by Gasteiger charge is -2.47. The zero-order chi connectivity index (χ0) is 52.8. The SMILES string of the molecule is CC(=O)N1C(C)c2cc(N)ccc2CC1(C)C.CC(=O)N1C(C)c2cc(Nc3ncc4c(Nc5c(C)cccc5C)nn(C)c4n3)ccc2CC1(C)C.Cc1cccc(C)c1Nc1nn(C)c2nc(Cl)ncc12. The van der Waals surface area contributed by atoms with Crippen LogP contribution in [0.1, 0.15) is 112 Å². The Hall–Kier alpha value is -7.59. The number of hydrogen-bond acceptors (Lipinski definition) is 12. The second-order valence-electron chi connectivity index (χ2n) is 20.6. The van der Waals surface area contributed by atoms with Crippen molar-refractivity contribution in [1.82, 2.24) is 49.3 Å². The minimum atomic E-state index is -0.219. The minimum absolute atomic E-state index is 0.0120. The molecule has 17 heteroatoms. The maximum Gasteiger partial charge on any atom is 0.229 e. The zero-order valence-electron chi connectivity index (χ0n) is 44.4. The average Bonchev–Trinajstić information content (AvgIpc) is 3.79. The number of carbonyl (C=O) groups excluding carboxylic acids is 2. The topological polar surface area (TPSA) is 190 Å². The Morgan fingerprint density at radius 2 is 1.07 bits per heavy atom. The first-order chi connectivity index (χ1) is 34.4. The minimum Gasteiger partial charge on any atom is -0.399 e. The molecule has 0 fully saturated rings. The molecule has 0 aliphatic carbocycles. The summed E-state index contributed by atoms with van der Waals surface area (Å²) in [7, 11) is 3.72. The number of carbonyl (C=O) groups is 2. The van der Waals surface area contributed by atoms with Gasteiger partial charge in [-0.15, -0.1) is 0 Å². The highest BCUT2D eigenvalue weighted by atomic mass is 35.5. The van der Waals surface area contributed by atoms with E-state index in [0.29, 0.717) is 11.6 Å². The predicted molar refractivity (Wildman–Crippen MR) is 294 cm³/mol. The standard InChI is InChI=1S/C28H33N7O.C14H14ClN5.C14H20N2O/c1-16-9-8-10-17(2)24(16)31-25-23-15-29-27(32-26(23)34(7)33-25)30-21-12-11-20-14-28(5,6)35(19(4)36)18(3)22(20)13-21;1-8-5-4-6-9(2)11(8)17-12-10-7-16-14(15)18-13(10)20(3)19-12;1-9-13-7-12(15)6-5-11(13)8-14(3,4)16(9)10(2)17/h8-13,15,18H,14H2,1-7H3,(H,31,33)(H,29,30,32);4-7H,1-3H3,(H,17,19);5-7,9H,8,15H2,1-4H3. The number of nitrogens with two attached hydrogens (primary N) is 1. The van der Waals surface area contributed by atoms with Gasteiger partial charge in [0, 0.05) is 74.2 Å². The number of anilines is 7. The summed E-state index contributed by atoms with van der Waals surface area (Å²) < 4.78 is 3.46. The van der Waals surface area contributed by atoms with Crippen LogP contribution >= 0.6 is 11.6 Å². The van der Waals surface area contributed by atoms with Gasteiger partial charge >= 0.3 is 0 Å². The van der Waals surface area contributed by atoms with Crippen LogP contribution in [0.25, 0.3) is 22.1 Å². The van der Waals surface area contributed by atoms with Gasteiger partial charge in [-0.2, -0.15) is 20.2 Å². The Morgan fingerprint density at radius 3 is 1.55 bits per heavy atom. The number of nitrogens with one attached hydrogen (secondary N) is 3. The van der Waals surface area contributed by atoms with Crippen molar-refractivity contribution in [2.24, 2.45) is 14.1 Å². The van der Waals surface area contributed by atoms with Gasteiger partial charge in [0.05, 0.1) is 22.9 Å². The quantitative estimate of drug-likeness (QED) is 0.0912. The molecule has 0 saturated heterocycles. The molecule has 6 heterocycles. The highest BCUT2D eigenvalue weighted by Crippen LogP contribution is 2.41. The summed E-state index contributed by atoms with van der Waals surface area (Å²) in [4.78, 5) is 45.7. The maximum absolute atomic E-state index is 12.4. The Labute approximate surface area is 432 Å². The van der Waals surface area contributed by atoms with Gasteiger partial charge in [-0.25, -0.2) is 19.3 Å². The smallest absolute Gasteiger partial charge is 0.229 e. The van der Waals surface area contributed by atoms with E-state index in [2.05, 4.69) is 159 Å². The molecule has 2 amide bonds. The fourth-order valence-electron chi connectivity index (χ4n) is 10.9. The summed E-state index contributed by atoms with van der Waals surface area (Å²) in [6.07, 6.45) is 5.19. The molecule has 2 unspecified atom stereocenters. The monoisotopic (exact) mass is 1000 g/mol. The van der Waals surface area contributed by atoms with Crippen molar-refractivity contribution in [3.8, 4) is 0 Å². The second-order valence-corrected chi connectivity index (χ2v) is 21.0. The molecule has 16 nitrogen and oxygen atoms in total. The third kappa shape index (κ3) is 10.5. The van der Waals surface area contributed by atoms with Crippen LogP contribution < -0.4 is 21.7 Å². The molecule has 2 aliphatic rings. The number of fused-ring (bicyclic) bond motifs is 4. The van der Waals surface area contributed by atoms with Crippen LogP contribution in [0.15, 0.2) is 85.2 Å². The van der Waals surface area contributed by atoms with E-state index in [9.17, 15) is 9.59 Å². The van der Waals surface area contributed by atoms with Gasteiger partial charge in [0.1, 0.15) is 0 Å². The molecular formula is C56H67ClN14O2. The molecule has 5 N–H and O–H groups in total. The lowest BCUT2D eigenvalue weighted by molar-refractivity contribution is -0.139. The molecule has 2 aliphatic heterocycles. The van der Waals surface area contributed by atoms with Gasteiger partial charge in [0.25, 0.3) is 0 Å². The molecule has 0 bridgehead atoms. The molecule has 0 spiro atoms. The van der Waals surface area contributed by atoms with Gasteiger partial charge in [-0.05, 0) is 162 Å². The van der Waals surface area contributed by atoms with Crippen LogP contribution in [0, 0.1) is 27.7 Å². The first kappa shape index (κ1) is 51.8. The van der Waals surface area contributed by atoms with Crippen molar-refractivity contribution in [3.63, 3.8) is 0 Å². The van der Waals surface area contributed by atoms with Gasteiger partial charge in [0.15, 0.2) is 22.9 Å². The number of halogens is 1. The Kier molecular flexibility index (Phi) is 14.3. The van der Waals surface area contributed by atoms with Gasteiger partial charge in [0.2, 0.25) is 23.0 Å². The van der Waals surface area contributed by atoms with E-state index in [1.165, 1.54) is 27.8 Å². The second kappa shape index (κ2) is 20.1. The summed E-state index contributed by atoms with van der Waals surface area (Å²) in [5.74, 6) is 2.17. The van der Waals surface area contributed by atoms with Crippen LogP contribution in [0.4, 0.5) is 40.3 Å². The number of amides is 2. The molecule has 0 radical (unpaired) electrons. The molecule has 2 atom stereocenters. The number of para-hydroxylation sites is 2. The highest BCUT2D eigenvalue weighted by molar-refractivity contribution is 6.28. The van der Waals surface area contributed by atoms with Crippen LogP contribution in [-0.4, -0.2) is 72.2 Å². The fraction of sp³-hybridized carbons (Fsp3) is 0.357. The maximum atomic E-state index is 12.4. The highest BCUT2D eigenvalue weighted by Gasteiger charge is 2.40. The molecule has 4 aromatic carbocycles. The number of aromatic nitrogens is 8. The number of hydrogen-bond donors (Lipinski definition) is 4. The van der Waals surface area contributed by atoms with Crippen LogP contribution in [0.5, 0.6) is 0 Å². The molecule has 10 rings (SSSR count). The van der Waals surface area contributed by atoms with Crippen LogP contribution in [0.3, 0.4) is 0 Å². The van der Waals surface area contributed by atoms with E-state index < -0.39 is 0 Å². The molecule has 380 valence electrons. The molecule has 0 saturated carbocycles. The summed E-state index contributed by atoms with van der Waals surface area (Å²) in [5, 5.41) is 21.2. The van der Waals surface area contributed by atoms with Crippen LogP contribution in [-0.2, 0) is 36.5 Å². The first-order valence-electron chi connectivity index (χ1n) is 24.5. The van der Waals surface area contributed by atoms with E-state index in [0.717, 1.165) is 80.3 Å². The first-order valence-corrected chi connectivity index (χ1v) is 24.9. The van der Waals surface area contributed by atoms with E-state index in [1.807, 2.05) is 48.2 Å². The summed E-state index contributed by atoms with van der Waals surface area (Å²) in [5.41, 5.74) is 20.2. The van der Waals surface area contributed by atoms with Crippen molar-refractivity contribution >= 4 is 85.8 Å². The molecule has 4 aromatic heterocycles. The Bertz CT molecular complexity index is 3370. The Morgan fingerprint density at radius 1 is 0.630 bits per heavy atom. The number of nitrogen functional groups attached to an aromatic ring is 1. The normalized spacial score (nSPS) is 16.4. The Balaban J connectivity index is 0.000000162. The van der Waals surface area contributed by atoms with E-state index in [1.54, 1.807) is 35.6 Å². The lowest BCUT2D eigenvalue weighted by atomic mass is 9.81. The number of aryl methyl sites for hydroxylation is 6. The van der Waals surface area contributed by atoms with Crippen molar-refractivity contribution in [2.75, 3.05) is 21.7 Å². The average molecular weight is 1000 g/mol. The van der Waals surface area contributed by atoms with Gasteiger partial charge < -0.3 is 31.5 Å². The number of nitrogens with zero attached hydrogens (tertiary/aromatic N) is 10. The molecule has 8 aromatic rings. The lowest BCUT2D eigenvalue weighted by Crippen LogP contribution is -2.52. The summed E-state index contributed by atoms with van der Waals surface area (Å²) in [6.45, 7) is 24.2. The van der Waals surface area contributed by atoms with Gasteiger partial charge in [-0.1, -0.05) is 48.5 Å².